The Bertz CT molecular complexity index is 313. The van der Waals surface area contributed by atoms with Gasteiger partial charge in [-0.3, -0.25) is 0 Å². The van der Waals surface area contributed by atoms with Crippen molar-refractivity contribution in [2.24, 2.45) is 5.73 Å². The zero-order valence-electron chi connectivity index (χ0n) is 9.10. The van der Waals surface area contributed by atoms with Crippen LogP contribution in [0.2, 0.25) is 0 Å². The van der Waals surface area contributed by atoms with Crippen LogP contribution in [-0.4, -0.2) is 6.54 Å². The summed E-state index contributed by atoms with van der Waals surface area (Å²) in [6.07, 6.45) is 0.737. The van der Waals surface area contributed by atoms with Crippen LogP contribution in [0.4, 0.5) is 4.39 Å². The van der Waals surface area contributed by atoms with Crippen LogP contribution >= 0.6 is 0 Å². The predicted molar refractivity (Wildman–Crippen MR) is 57.9 cm³/mol. The Morgan fingerprint density at radius 3 is 2.36 bits per heavy atom. The van der Waals surface area contributed by atoms with Gasteiger partial charge in [-0.25, -0.2) is 4.39 Å². The Morgan fingerprint density at radius 2 is 1.93 bits per heavy atom. The molecule has 0 aromatic heterocycles. The highest BCUT2D eigenvalue weighted by atomic mass is 19.1. The molecular formula is C12H18FN. The van der Waals surface area contributed by atoms with Crippen LogP contribution in [0.5, 0.6) is 0 Å². The summed E-state index contributed by atoms with van der Waals surface area (Å²) in [6.45, 7) is 6.59. The van der Waals surface area contributed by atoms with E-state index < -0.39 is 0 Å². The molecule has 1 aromatic rings. The fourth-order valence-corrected chi connectivity index (χ4v) is 1.49. The Morgan fingerprint density at radius 1 is 1.29 bits per heavy atom. The summed E-state index contributed by atoms with van der Waals surface area (Å²) >= 11 is 0. The summed E-state index contributed by atoms with van der Waals surface area (Å²) in [6, 6.07) is 5.41. The first-order valence-electron chi connectivity index (χ1n) is 4.94. The van der Waals surface area contributed by atoms with E-state index in [1.54, 1.807) is 6.07 Å². The zero-order valence-corrected chi connectivity index (χ0v) is 9.10. The fraction of sp³-hybridized carbons (Fsp3) is 0.500. The summed E-state index contributed by atoms with van der Waals surface area (Å²) in [5, 5.41) is 0. The second kappa shape index (κ2) is 4.09. The van der Waals surface area contributed by atoms with Gasteiger partial charge >= 0.3 is 0 Å². The van der Waals surface area contributed by atoms with Gasteiger partial charge in [-0.1, -0.05) is 32.9 Å². The molecule has 0 fully saturated rings. The quantitative estimate of drug-likeness (QED) is 0.771. The normalized spacial score (nSPS) is 11.8. The number of benzene rings is 1. The zero-order chi connectivity index (χ0) is 10.8. The van der Waals surface area contributed by atoms with Crippen molar-refractivity contribution in [3.05, 3.63) is 35.1 Å². The lowest BCUT2D eigenvalue weighted by Gasteiger charge is -2.20. The van der Waals surface area contributed by atoms with Crippen molar-refractivity contribution >= 4 is 0 Å². The molecule has 0 aliphatic carbocycles. The molecule has 1 aromatic carbocycles. The second-order valence-electron chi connectivity index (χ2n) is 4.60. The summed E-state index contributed by atoms with van der Waals surface area (Å²) in [5.41, 5.74) is 7.01. The highest BCUT2D eigenvalue weighted by molar-refractivity contribution is 5.29. The van der Waals surface area contributed by atoms with Crippen LogP contribution in [0.3, 0.4) is 0 Å². The van der Waals surface area contributed by atoms with Crippen LogP contribution < -0.4 is 5.73 Å². The standard InChI is InChI=1S/C12H18FN/c1-12(2,3)10-5-4-9(6-7-14)8-11(10)13/h4-5,8H,6-7,14H2,1-3H3. The highest BCUT2D eigenvalue weighted by Gasteiger charge is 2.17. The number of nitrogens with two attached hydrogens (primary N) is 1. The number of rotatable bonds is 2. The van der Waals surface area contributed by atoms with Crippen molar-refractivity contribution in [1.29, 1.82) is 0 Å². The largest absolute Gasteiger partial charge is 0.330 e. The van der Waals surface area contributed by atoms with Crippen LogP contribution in [0.1, 0.15) is 31.9 Å². The molecular weight excluding hydrogens is 177 g/mol. The molecule has 14 heavy (non-hydrogen) atoms. The molecule has 2 heteroatoms. The second-order valence-corrected chi connectivity index (χ2v) is 4.60. The third-order valence-corrected chi connectivity index (χ3v) is 2.27. The smallest absolute Gasteiger partial charge is 0.127 e. The first-order valence-corrected chi connectivity index (χ1v) is 4.94. The van der Waals surface area contributed by atoms with Gasteiger partial charge < -0.3 is 5.73 Å². The Labute approximate surface area is 85.1 Å². The first kappa shape index (κ1) is 11.2. The Hall–Kier alpha value is -0.890. The molecule has 0 bridgehead atoms. The van der Waals surface area contributed by atoms with E-state index in [0.717, 1.165) is 17.5 Å². The summed E-state index contributed by atoms with van der Waals surface area (Å²) in [7, 11) is 0. The van der Waals surface area contributed by atoms with Crippen LogP contribution in [0, 0.1) is 5.82 Å². The predicted octanol–water partition coefficient (Wildman–Crippen LogP) is 2.62. The molecule has 0 unspecified atom stereocenters. The Kier molecular flexibility index (Phi) is 3.27. The van der Waals surface area contributed by atoms with Crippen molar-refractivity contribution in [2.75, 3.05) is 6.54 Å². The lowest BCUT2D eigenvalue weighted by atomic mass is 9.86. The summed E-state index contributed by atoms with van der Waals surface area (Å²) in [4.78, 5) is 0. The fourth-order valence-electron chi connectivity index (χ4n) is 1.49. The lowest BCUT2D eigenvalue weighted by Crippen LogP contribution is -2.14. The van der Waals surface area contributed by atoms with Gasteiger partial charge in [-0.05, 0) is 35.6 Å². The molecule has 0 saturated carbocycles. The maximum Gasteiger partial charge on any atom is 0.127 e. The van der Waals surface area contributed by atoms with E-state index in [9.17, 15) is 4.39 Å². The van der Waals surface area contributed by atoms with Crippen LogP contribution in [0.15, 0.2) is 18.2 Å². The van der Waals surface area contributed by atoms with E-state index in [2.05, 4.69) is 0 Å². The Balaban J connectivity index is 3.02. The minimum absolute atomic E-state index is 0.122. The van der Waals surface area contributed by atoms with E-state index in [4.69, 9.17) is 5.73 Å². The van der Waals surface area contributed by atoms with Gasteiger partial charge in [-0.15, -0.1) is 0 Å². The molecule has 0 aliphatic rings. The molecule has 2 N–H and O–H groups in total. The maximum absolute atomic E-state index is 13.6. The van der Waals surface area contributed by atoms with E-state index in [1.165, 1.54) is 0 Å². The summed E-state index contributed by atoms with van der Waals surface area (Å²) < 4.78 is 13.6. The van der Waals surface area contributed by atoms with Crippen molar-refractivity contribution < 1.29 is 4.39 Å². The van der Waals surface area contributed by atoms with Crippen molar-refractivity contribution in [3.63, 3.8) is 0 Å². The molecule has 0 spiro atoms. The molecule has 0 radical (unpaired) electrons. The van der Waals surface area contributed by atoms with Gasteiger partial charge in [-0.2, -0.15) is 0 Å². The van der Waals surface area contributed by atoms with Crippen molar-refractivity contribution in [3.8, 4) is 0 Å². The van der Waals surface area contributed by atoms with E-state index in [-0.39, 0.29) is 11.2 Å². The van der Waals surface area contributed by atoms with Crippen LogP contribution in [0.25, 0.3) is 0 Å². The summed E-state index contributed by atoms with van der Waals surface area (Å²) in [5.74, 6) is -0.122. The minimum Gasteiger partial charge on any atom is -0.330 e. The minimum atomic E-state index is -0.134. The third kappa shape index (κ3) is 2.55. The van der Waals surface area contributed by atoms with E-state index in [1.807, 2.05) is 32.9 Å². The van der Waals surface area contributed by atoms with Gasteiger partial charge in [0.05, 0.1) is 0 Å². The van der Waals surface area contributed by atoms with Gasteiger partial charge in [0.15, 0.2) is 0 Å². The van der Waals surface area contributed by atoms with Gasteiger partial charge in [0.25, 0.3) is 0 Å². The monoisotopic (exact) mass is 195 g/mol. The van der Waals surface area contributed by atoms with E-state index in [0.29, 0.717) is 6.54 Å². The molecule has 78 valence electrons. The van der Waals surface area contributed by atoms with Crippen molar-refractivity contribution in [2.45, 2.75) is 32.6 Å². The molecule has 0 heterocycles. The molecule has 0 atom stereocenters. The van der Waals surface area contributed by atoms with Gasteiger partial charge in [0, 0.05) is 0 Å². The molecule has 1 nitrogen and oxygen atoms in total. The van der Waals surface area contributed by atoms with E-state index >= 15 is 0 Å². The number of halogens is 1. The number of hydrogen-bond acceptors (Lipinski definition) is 1. The first-order chi connectivity index (χ1) is 6.45. The highest BCUT2D eigenvalue weighted by Crippen LogP contribution is 2.25. The lowest BCUT2D eigenvalue weighted by molar-refractivity contribution is 0.522. The van der Waals surface area contributed by atoms with Gasteiger partial charge in [0.1, 0.15) is 5.82 Å². The topological polar surface area (TPSA) is 26.0 Å². The SMILES string of the molecule is CC(C)(C)c1ccc(CCN)cc1F. The molecule has 0 aliphatic heterocycles. The maximum atomic E-state index is 13.6. The third-order valence-electron chi connectivity index (χ3n) is 2.27. The molecule has 0 amide bonds. The average molecular weight is 195 g/mol. The molecule has 1 rings (SSSR count). The number of hydrogen-bond donors (Lipinski definition) is 1. The van der Waals surface area contributed by atoms with Crippen LogP contribution in [-0.2, 0) is 11.8 Å². The van der Waals surface area contributed by atoms with Gasteiger partial charge in [0.2, 0.25) is 0 Å². The van der Waals surface area contributed by atoms with Crippen molar-refractivity contribution in [1.82, 2.24) is 0 Å². The molecule has 0 saturated heterocycles. The average Bonchev–Trinajstić information content (AvgIpc) is 2.02.